The third-order valence-corrected chi connectivity index (χ3v) is 7.34. The first-order valence-electron chi connectivity index (χ1n) is 13.2. The molecule has 9 nitrogen and oxygen atoms in total. The third kappa shape index (κ3) is 5.36. The highest BCUT2D eigenvalue weighted by molar-refractivity contribution is 5.91. The number of hydrogen-bond donors (Lipinski definition) is 0. The van der Waals surface area contributed by atoms with E-state index in [-0.39, 0.29) is 17.4 Å². The second-order valence-electron chi connectivity index (χ2n) is 9.98. The van der Waals surface area contributed by atoms with E-state index >= 15 is 0 Å². The van der Waals surface area contributed by atoms with Crippen LogP contribution in [-0.4, -0.2) is 56.2 Å². The van der Waals surface area contributed by atoms with E-state index in [2.05, 4.69) is 4.90 Å². The van der Waals surface area contributed by atoms with E-state index in [1.807, 2.05) is 4.40 Å². The van der Waals surface area contributed by atoms with Crippen LogP contribution in [0, 0.1) is 10.1 Å². The summed E-state index contributed by atoms with van der Waals surface area (Å²) in [4.78, 5) is 32.4. The van der Waals surface area contributed by atoms with Gasteiger partial charge < -0.3 is 13.7 Å². The van der Waals surface area contributed by atoms with Crippen LogP contribution in [0.2, 0.25) is 0 Å². The van der Waals surface area contributed by atoms with Crippen molar-refractivity contribution in [2.24, 2.45) is 0 Å². The van der Waals surface area contributed by atoms with Crippen molar-refractivity contribution in [1.29, 1.82) is 0 Å². The molecule has 0 aliphatic carbocycles. The smallest absolute Gasteiger partial charge is 0.416 e. The second-order valence-corrected chi connectivity index (χ2v) is 9.98. The van der Waals surface area contributed by atoms with Crippen LogP contribution in [0.15, 0.2) is 89.7 Å². The van der Waals surface area contributed by atoms with Gasteiger partial charge in [-0.3, -0.25) is 19.8 Å². The van der Waals surface area contributed by atoms with Gasteiger partial charge >= 0.3 is 6.18 Å². The van der Waals surface area contributed by atoms with Gasteiger partial charge in [0.05, 0.1) is 28.1 Å². The molecule has 3 aromatic heterocycles. The van der Waals surface area contributed by atoms with Crippen molar-refractivity contribution in [3.05, 3.63) is 112 Å². The monoisotopic (exact) mass is 575 g/mol. The standard InChI is InChI=1S/C30H24F3N5O4/c31-30(32,33)23-6-1-4-20(16-23)22-9-10-27-34-28(21-5-2-7-24(17-21)38(40)41)25(37(27)18-22)19-35-11-13-36(14-12-35)29(39)26-8-3-15-42-26/h1-10,15-18H,11-14,19H2. The number of fused-ring (bicyclic) bond motifs is 1. The molecule has 1 amide bonds. The number of carbonyl (C=O) groups excluding carboxylic acids is 1. The zero-order valence-electron chi connectivity index (χ0n) is 22.1. The SMILES string of the molecule is O=C(c1ccco1)N1CCN(Cc2c(-c3cccc([N+](=O)[O-])c3)nc3ccc(-c4cccc(C(F)(F)F)c4)cn23)CC1. The number of nitro groups is 1. The van der Waals surface area contributed by atoms with Crippen LogP contribution in [0.5, 0.6) is 0 Å². The fourth-order valence-electron chi connectivity index (χ4n) is 5.17. The third-order valence-electron chi connectivity index (χ3n) is 7.34. The molecular formula is C30H24F3N5O4. The number of carbonyl (C=O) groups is 1. The van der Waals surface area contributed by atoms with Crippen LogP contribution >= 0.6 is 0 Å². The number of nitrogens with zero attached hydrogens (tertiary/aromatic N) is 5. The molecule has 2 aromatic carbocycles. The molecule has 4 heterocycles. The fraction of sp³-hybridized carbons (Fsp3) is 0.200. The Morgan fingerprint density at radius 2 is 1.69 bits per heavy atom. The molecule has 1 saturated heterocycles. The fourth-order valence-corrected chi connectivity index (χ4v) is 5.17. The van der Waals surface area contributed by atoms with Crippen LogP contribution in [0.4, 0.5) is 18.9 Å². The minimum Gasteiger partial charge on any atom is -0.459 e. The number of furan rings is 1. The summed E-state index contributed by atoms with van der Waals surface area (Å²) in [5, 5.41) is 11.5. The summed E-state index contributed by atoms with van der Waals surface area (Å²) in [6.07, 6.45) is -1.28. The lowest BCUT2D eigenvalue weighted by molar-refractivity contribution is -0.384. The van der Waals surface area contributed by atoms with E-state index in [9.17, 15) is 28.1 Å². The normalized spacial score (nSPS) is 14.4. The number of pyridine rings is 1. The second kappa shape index (κ2) is 10.8. The van der Waals surface area contributed by atoms with Crippen LogP contribution in [-0.2, 0) is 12.7 Å². The Morgan fingerprint density at radius 3 is 2.40 bits per heavy atom. The quantitative estimate of drug-likeness (QED) is 0.178. The molecule has 12 heteroatoms. The van der Waals surface area contributed by atoms with Crippen LogP contribution in [0.1, 0.15) is 21.8 Å². The van der Waals surface area contributed by atoms with Crippen molar-refractivity contribution in [2.75, 3.05) is 26.2 Å². The number of amides is 1. The van der Waals surface area contributed by atoms with Crippen molar-refractivity contribution in [2.45, 2.75) is 12.7 Å². The molecule has 42 heavy (non-hydrogen) atoms. The van der Waals surface area contributed by atoms with Gasteiger partial charge in [0.25, 0.3) is 11.6 Å². The van der Waals surface area contributed by atoms with E-state index in [1.54, 1.807) is 53.6 Å². The molecule has 0 radical (unpaired) electrons. The topological polar surface area (TPSA) is 97.1 Å². The lowest BCUT2D eigenvalue weighted by Crippen LogP contribution is -2.48. The zero-order chi connectivity index (χ0) is 29.4. The number of piperazine rings is 1. The largest absolute Gasteiger partial charge is 0.459 e. The highest BCUT2D eigenvalue weighted by Gasteiger charge is 2.31. The van der Waals surface area contributed by atoms with E-state index < -0.39 is 16.7 Å². The number of non-ortho nitro benzene ring substituents is 1. The number of aromatic nitrogens is 2. The summed E-state index contributed by atoms with van der Waals surface area (Å²) in [5.74, 6) is 0.0952. The molecule has 214 valence electrons. The Kier molecular flexibility index (Phi) is 6.99. The predicted molar refractivity (Wildman–Crippen MR) is 148 cm³/mol. The van der Waals surface area contributed by atoms with Crippen molar-refractivity contribution >= 4 is 17.2 Å². The predicted octanol–water partition coefficient (Wildman–Crippen LogP) is 6.15. The lowest BCUT2D eigenvalue weighted by Gasteiger charge is -2.34. The zero-order valence-corrected chi connectivity index (χ0v) is 22.1. The van der Waals surface area contributed by atoms with E-state index in [0.29, 0.717) is 60.8 Å². The number of alkyl halides is 3. The molecule has 0 spiro atoms. The van der Waals surface area contributed by atoms with Crippen molar-refractivity contribution in [1.82, 2.24) is 19.2 Å². The van der Waals surface area contributed by atoms with E-state index in [1.165, 1.54) is 24.5 Å². The first-order valence-corrected chi connectivity index (χ1v) is 13.2. The summed E-state index contributed by atoms with van der Waals surface area (Å²) in [7, 11) is 0. The number of halogens is 3. The average Bonchev–Trinajstić information content (AvgIpc) is 3.66. The molecule has 0 bridgehead atoms. The van der Waals surface area contributed by atoms with Gasteiger partial charge in [0.15, 0.2) is 5.76 Å². The van der Waals surface area contributed by atoms with E-state index in [0.717, 1.165) is 17.8 Å². The molecule has 1 fully saturated rings. The van der Waals surface area contributed by atoms with E-state index in [4.69, 9.17) is 9.40 Å². The molecule has 1 aliphatic heterocycles. The Hall–Kier alpha value is -4.97. The van der Waals surface area contributed by atoms with Crippen molar-refractivity contribution < 1.29 is 27.3 Å². The van der Waals surface area contributed by atoms with Crippen molar-refractivity contribution in [3.8, 4) is 22.4 Å². The minimum atomic E-state index is -4.48. The number of hydrogen-bond acceptors (Lipinski definition) is 6. The van der Waals surface area contributed by atoms with Crippen LogP contribution < -0.4 is 0 Å². The summed E-state index contributed by atoms with van der Waals surface area (Å²) in [5.41, 5.74) is 2.50. The molecule has 0 N–H and O–H groups in total. The Labute approximate surface area is 237 Å². The highest BCUT2D eigenvalue weighted by Crippen LogP contribution is 2.34. The maximum Gasteiger partial charge on any atom is 0.416 e. The highest BCUT2D eigenvalue weighted by atomic mass is 19.4. The number of nitro benzene ring substituents is 1. The van der Waals surface area contributed by atoms with Gasteiger partial charge in [-0.25, -0.2) is 4.98 Å². The lowest BCUT2D eigenvalue weighted by atomic mass is 10.0. The molecule has 6 rings (SSSR count). The Bertz CT molecular complexity index is 1770. The molecular weight excluding hydrogens is 551 g/mol. The summed E-state index contributed by atoms with van der Waals surface area (Å²) in [6.45, 7) is 2.45. The van der Waals surface area contributed by atoms with Gasteiger partial charge in [0.2, 0.25) is 0 Å². The first kappa shape index (κ1) is 27.2. The Balaban J connectivity index is 1.36. The van der Waals surface area contributed by atoms with Crippen molar-refractivity contribution in [3.63, 3.8) is 0 Å². The maximum absolute atomic E-state index is 13.4. The maximum atomic E-state index is 13.4. The minimum absolute atomic E-state index is 0.0785. The van der Waals surface area contributed by atoms with Gasteiger partial charge in [-0.05, 0) is 47.5 Å². The van der Waals surface area contributed by atoms with Gasteiger partial charge in [0.1, 0.15) is 5.65 Å². The molecule has 0 saturated carbocycles. The summed E-state index contributed by atoms with van der Waals surface area (Å²) < 4.78 is 47.3. The Morgan fingerprint density at radius 1 is 0.929 bits per heavy atom. The van der Waals surface area contributed by atoms with Gasteiger partial charge in [-0.15, -0.1) is 0 Å². The summed E-state index contributed by atoms with van der Waals surface area (Å²) in [6, 6.07) is 18.0. The average molecular weight is 576 g/mol. The number of imidazole rings is 1. The van der Waals surface area contributed by atoms with Gasteiger partial charge in [-0.1, -0.05) is 24.3 Å². The van der Waals surface area contributed by atoms with Crippen LogP contribution in [0.25, 0.3) is 28.0 Å². The molecule has 5 aromatic rings. The molecule has 1 aliphatic rings. The van der Waals surface area contributed by atoms with Gasteiger partial charge in [-0.2, -0.15) is 13.2 Å². The van der Waals surface area contributed by atoms with Crippen LogP contribution in [0.3, 0.4) is 0 Å². The summed E-state index contributed by atoms with van der Waals surface area (Å²) >= 11 is 0. The molecule has 0 unspecified atom stereocenters. The first-order chi connectivity index (χ1) is 20.2. The van der Waals surface area contributed by atoms with Gasteiger partial charge in [0, 0.05) is 56.6 Å². The molecule has 0 atom stereocenters. The number of benzene rings is 2. The number of rotatable bonds is 6.